The van der Waals surface area contributed by atoms with Crippen LogP contribution in [-0.2, 0) is 4.79 Å². The summed E-state index contributed by atoms with van der Waals surface area (Å²) in [5.41, 5.74) is -0.768. The molecule has 1 saturated heterocycles. The van der Waals surface area contributed by atoms with E-state index >= 15 is 0 Å². The molecule has 1 amide bonds. The van der Waals surface area contributed by atoms with Crippen LogP contribution in [0, 0.1) is 22.7 Å². The Morgan fingerprint density at radius 2 is 1.85 bits per heavy atom. The molecule has 0 aromatic heterocycles. The molecule has 0 radical (unpaired) electrons. The van der Waals surface area contributed by atoms with Crippen LogP contribution in [0.25, 0.3) is 0 Å². The maximum absolute atomic E-state index is 12.9. The molecule has 0 aromatic rings. The lowest BCUT2D eigenvalue weighted by Crippen LogP contribution is -2.44. The predicted octanol–water partition coefficient (Wildman–Crippen LogP) is 4.14. The molecule has 1 rings (SSSR count). The first-order valence-corrected chi connectivity index (χ1v) is 8.34. The molecule has 0 N–H and O–H groups in total. The minimum Gasteiger partial charge on any atom is -0.341 e. The Morgan fingerprint density at radius 3 is 2.35 bits per heavy atom. The molecule has 20 heavy (non-hydrogen) atoms. The van der Waals surface area contributed by atoms with Gasteiger partial charge in [0, 0.05) is 13.1 Å². The van der Waals surface area contributed by atoms with Gasteiger partial charge in [0.15, 0.2) is 0 Å². The maximum Gasteiger partial charge on any atom is 0.243 e. The lowest BCUT2D eigenvalue weighted by molar-refractivity contribution is -0.139. The number of likely N-dealkylation sites (tertiary alicyclic amines) is 1. The van der Waals surface area contributed by atoms with Gasteiger partial charge >= 0.3 is 0 Å². The highest BCUT2D eigenvalue weighted by molar-refractivity contribution is 5.85. The van der Waals surface area contributed by atoms with Gasteiger partial charge in [0.1, 0.15) is 5.41 Å². The van der Waals surface area contributed by atoms with Crippen LogP contribution in [0.5, 0.6) is 0 Å². The van der Waals surface area contributed by atoms with Crippen molar-refractivity contribution in [2.75, 3.05) is 13.1 Å². The summed E-state index contributed by atoms with van der Waals surface area (Å²) >= 11 is 0. The molecule has 0 bridgehead atoms. The number of rotatable bonds is 6. The van der Waals surface area contributed by atoms with Crippen molar-refractivity contribution in [2.24, 2.45) is 11.3 Å². The molecule has 1 atom stereocenters. The standard InChI is InChI=1S/C17H30N2O/c1-4-10-17(14-18,11-5-2)16(20)19-12-7-8-15(6-3)9-13-19/h15H,4-13H2,1-3H3. The van der Waals surface area contributed by atoms with Crippen molar-refractivity contribution in [3.63, 3.8) is 0 Å². The molecule has 1 aliphatic rings. The molecule has 1 fully saturated rings. The van der Waals surface area contributed by atoms with Crippen molar-refractivity contribution in [3.05, 3.63) is 0 Å². The third-order valence-corrected chi connectivity index (χ3v) is 4.69. The summed E-state index contributed by atoms with van der Waals surface area (Å²) in [4.78, 5) is 14.9. The fourth-order valence-electron chi connectivity index (χ4n) is 3.43. The van der Waals surface area contributed by atoms with Crippen molar-refractivity contribution < 1.29 is 4.79 Å². The van der Waals surface area contributed by atoms with E-state index in [1.54, 1.807) is 0 Å². The van der Waals surface area contributed by atoms with E-state index < -0.39 is 5.41 Å². The maximum atomic E-state index is 12.9. The van der Waals surface area contributed by atoms with E-state index in [1.807, 2.05) is 4.90 Å². The minimum atomic E-state index is -0.768. The highest BCUT2D eigenvalue weighted by Gasteiger charge is 2.40. The molecule has 114 valence electrons. The normalized spacial score (nSPS) is 20.3. The van der Waals surface area contributed by atoms with E-state index in [-0.39, 0.29) is 5.91 Å². The predicted molar refractivity (Wildman–Crippen MR) is 82.1 cm³/mol. The van der Waals surface area contributed by atoms with Gasteiger partial charge in [-0.3, -0.25) is 4.79 Å². The number of nitrogens with zero attached hydrogens (tertiary/aromatic N) is 2. The summed E-state index contributed by atoms with van der Waals surface area (Å²) in [6.45, 7) is 8.03. The zero-order chi connectivity index (χ0) is 15.0. The Hall–Kier alpha value is -1.04. The van der Waals surface area contributed by atoms with Gasteiger partial charge in [-0.2, -0.15) is 5.26 Å². The van der Waals surface area contributed by atoms with Gasteiger partial charge < -0.3 is 4.90 Å². The number of amides is 1. The average molecular weight is 278 g/mol. The third kappa shape index (κ3) is 3.98. The largest absolute Gasteiger partial charge is 0.341 e. The summed E-state index contributed by atoms with van der Waals surface area (Å²) in [6, 6.07) is 2.37. The van der Waals surface area contributed by atoms with Crippen molar-refractivity contribution in [3.8, 4) is 6.07 Å². The fourth-order valence-corrected chi connectivity index (χ4v) is 3.43. The molecule has 1 aliphatic heterocycles. The van der Waals surface area contributed by atoms with Gasteiger partial charge in [-0.05, 0) is 38.0 Å². The molecule has 1 heterocycles. The number of nitriles is 1. The molecule has 0 spiro atoms. The first-order chi connectivity index (χ1) is 9.63. The van der Waals surface area contributed by atoms with Crippen LogP contribution >= 0.6 is 0 Å². The van der Waals surface area contributed by atoms with Gasteiger partial charge in [-0.25, -0.2) is 0 Å². The summed E-state index contributed by atoms with van der Waals surface area (Å²) in [5.74, 6) is 0.849. The van der Waals surface area contributed by atoms with Crippen LogP contribution in [0.15, 0.2) is 0 Å². The SMILES string of the molecule is CCCC(C#N)(CCC)C(=O)N1CCCC(CC)CC1. The number of hydrogen-bond donors (Lipinski definition) is 0. The zero-order valence-electron chi connectivity index (χ0n) is 13.5. The Kier molecular flexibility index (Phi) is 7.05. The highest BCUT2D eigenvalue weighted by atomic mass is 16.2. The van der Waals surface area contributed by atoms with Crippen LogP contribution in [-0.4, -0.2) is 23.9 Å². The smallest absolute Gasteiger partial charge is 0.243 e. The lowest BCUT2D eigenvalue weighted by atomic mass is 9.79. The molecule has 3 heteroatoms. The van der Waals surface area contributed by atoms with Crippen molar-refractivity contribution in [2.45, 2.75) is 72.1 Å². The van der Waals surface area contributed by atoms with E-state index in [2.05, 4.69) is 26.8 Å². The van der Waals surface area contributed by atoms with Gasteiger partial charge in [0.2, 0.25) is 5.91 Å². The second kappa shape index (κ2) is 8.29. The Morgan fingerprint density at radius 1 is 1.20 bits per heavy atom. The monoisotopic (exact) mass is 278 g/mol. The Bertz CT molecular complexity index is 339. The van der Waals surface area contributed by atoms with Gasteiger partial charge in [-0.1, -0.05) is 40.0 Å². The minimum absolute atomic E-state index is 0.0976. The Labute approximate surface area is 124 Å². The summed E-state index contributed by atoms with van der Waals surface area (Å²) < 4.78 is 0. The summed E-state index contributed by atoms with van der Waals surface area (Å²) in [5, 5.41) is 9.61. The lowest BCUT2D eigenvalue weighted by Gasteiger charge is -2.31. The van der Waals surface area contributed by atoms with Crippen LogP contribution in [0.3, 0.4) is 0 Å². The van der Waals surface area contributed by atoms with E-state index in [1.165, 1.54) is 12.8 Å². The Balaban J connectivity index is 2.81. The van der Waals surface area contributed by atoms with Crippen molar-refractivity contribution in [1.82, 2.24) is 4.90 Å². The van der Waals surface area contributed by atoms with E-state index in [4.69, 9.17) is 0 Å². The average Bonchev–Trinajstić information content (AvgIpc) is 2.71. The second-order valence-corrected chi connectivity index (χ2v) is 6.19. The first kappa shape index (κ1) is 17.0. The number of carbonyl (C=O) groups excluding carboxylic acids is 1. The quantitative estimate of drug-likeness (QED) is 0.733. The molecule has 0 saturated carbocycles. The molecular formula is C17H30N2O. The summed E-state index contributed by atoms with van der Waals surface area (Å²) in [7, 11) is 0. The molecule has 3 nitrogen and oxygen atoms in total. The molecule has 0 aliphatic carbocycles. The second-order valence-electron chi connectivity index (χ2n) is 6.19. The summed E-state index contributed by atoms with van der Waals surface area (Å²) in [6.07, 6.45) is 7.80. The first-order valence-electron chi connectivity index (χ1n) is 8.34. The molecule has 1 unspecified atom stereocenters. The van der Waals surface area contributed by atoms with Crippen molar-refractivity contribution in [1.29, 1.82) is 5.26 Å². The molecular weight excluding hydrogens is 248 g/mol. The van der Waals surface area contributed by atoms with Crippen molar-refractivity contribution >= 4 is 5.91 Å². The van der Waals surface area contributed by atoms with E-state index in [0.29, 0.717) is 12.8 Å². The van der Waals surface area contributed by atoms with Gasteiger partial charge in [0.05, 0.1) is 6.07 Å². The van der Waals surface area contributed by atoms with Crippen LogP contribution < -0.4 is 0 Å². The number of hydrogen-bond acceptors (Lipinski definition) is 2. The van der Waals surface area contributed by atoms with E-state index in [9.17, 15) is 10.1 Å². The topological polar surface area (TPSA) is 44.1 Å². The van der Waals surface area contributed by atoms with Crippen LogP contribution in [0.4, 0.5) is 0 Å². The third-order valence-electron chi connectivity index (χ3n) is 4.69. The van der Waals surface area contributed by atoms with Gasteiger partial charge in [-0.15, -0.1) is 0 Å². The molecule has 0 aromatic carbocycles. The number of carbonyl (C=O) groups is 1. The highest BCUT2D eigenvalue weighted by Crippen LogP contribution is 2.33. The van der Waals surface area contributed by atoms with Crippen LogP contribution in [0.2, 0.25) is 0 Å². The fraction of sp³-hybridized carbons (Fsp3) is 0.882. The van der Waals surface area contributed by atoms with Crippen LogP contribution in [0.1, 0.15) is 72.1 Å². The zero-order valence-corrected chi connectivity index (χ0v) is 13.5. The van der Waals surface area contributed by atoms with E-state index in [0.717, 1.165) is 44.7 Å². The van der Waals surface area contributed by atoms with Gasteiger partial charge in [0.25, 0.3) is 0 Å².